The van der Waals surface area contributed by atoms with Crippen molar-refractivity contribution in [3.8, 4) is 0 Å². The first-order valence-corrected chi connectivity index (χ1v) is 8.21. The summed E-state index contributed by atoms with van der Waals surface area (Å²) in [4.78, 5) is 6.01. The Morgan fingerprint density at radius 2 is 2.05 bits per heavy atom. The van der Waals surface area contributed by atoms with Gasteiger partial charge in [0.05, 0.1) is 12.2 Å². The average Bonchev–Trinajstić information content (AvgIpc) is 2.98. The van der Waals surface area contributed by atoms with E-state index in [0.29, 0.717) is 0 Å². The monoisotopic (exact) mass is 299 g/mol. The number of aryl methyl sites for hydroxylation is 2. The summed E-state index contributed by atoms with van der Waals surface area (Å²) in [5.41, 5.74) is 3.76. The average molecular weight is 299 g/mol. The molecule has 0 fully saturated rings. The molecule has 21 heavy (non-hydrogen) atoms. The van der Waals surface area contributed by atoms with Gasteiger partial charge in [0.2, 0.25) is 0 Å². The molecule has 4 heteroatoms. The Morgan fingerprint density at radius 1 is 1.24 bits per heavy atom. The highest BCUT2D eigenvalue weighted by atomic mass is 32.1. The molecule has 0 spiro atoms. The number of nitrogens with one attached hydrogen (secondary N) is 1. The SMILES string of the molecule is CCNCc1cc2ccccc2n1Cc1nc(C)c(C)s1. The molecule has 3 aromatic rings. The summed E-state index contributed by atoms with van der Waals surface area (Å²) in [7, 11) is 0. The van der Waals surface area contributed by atoms with Crippen LogP contribution in [0.15, 0.2) is 30.3 Å². The van der Waals surface area contributed by atoms with Crippen LogP contribution in [0.2, 0.25) is 0 Å². The van der Waals surface area contributed by atoms with Crippen LogP contribution in [0.4, 0.5) is 0 Å². The number of aromatic nitrogens is 2. The third kappa shape index (κ3) is 2.87. The number of hydrogen-bond donors (Lipinski definition) is 1. The topological polar surface area (TPSA) is 29.9 Å². The first kappa shape index (κ1) is 14.3. The molecule has 2 aromatic heterocycles. The van der Waals surface area contributed by atoms with Crippen molar-refractivity contribution in [1.82, 2.24) is 14.9 Å². The predicted molar refractivity (Wildman–Crippen MR) is 90.0 cm³/mol. The van der Waals surface area contributed by atoms with Gasteiger partial charge in [-0.25, -0.2) is 4.98 Å². The number of nitrogens with zero attached hydrogens (tertiary/aromatic N) is 2. The number of rotatable bonds is 5. The van der Waals surface area contributed by atoms with E-state index in [9.17, 15) is 0 Å². The van der Waals surface area contributed by atoms with Gasteiger partial charge in [-0.2, -0.15) is 0 Å². The van der Waals surface area contributed by atoms with Crippen LogP contribution < -0.4 is 5.32 Å². The van der Waals surface area contributed by atoms with Gasteiger partial charge < -0.3 is 9.88 Å². The second kappa shape index (κ2) is 6.00. The fraction of sp³-hybridized carbons (Fsp3) is 0.353. The fourth-order valence-corrected chi connectivity index (χ4v) is 3.52. The Morgan fingerprint density at radius 3 is 2.76 bits per heavy atom. The molecule has 0 unspecified atom stereocenters. The Hall–Kier alpha value is -1.65. The molecule has 1 N–H and O–H groups in total. The summed E-state index contributed by atoms with van der Waals surface area (Å²) in [6, 6.07) is 10.9. The minimum absolute atomic E-state index is 0.855. The Bertz CT molecular complexity index is 735. The molecule has 2 heterocycles. The molecule has 0 radical (unpaired) electrons. The summed E-state index contributed by atoms with van der Waals surface area (Å²) in [5, 5.41) is 5.92. The van der Waals surface area contributed by atoms with Gasteiger partial charge in [-0.05, 0) is 37.9 Å². The highest BCUT2D eigenvalue weighted by Crippen LogP contribution is 2.24. The van der Waals surface area contributed by atoms with Crippen molar-refractivity contribution in [3.05, 3.63) is 51.6 Å². The van der Waals surface area contributed by atoms with Crippen LogP contribution in [0.5, 0.6) is 0 Å². The maximum absolute atomic E-state index is 4.69. The third-order valence-corrected chi connectivity index (χ3v) is 4.88. The smallest absolute Gasteiger partial charge is 0.113 e. The zero-order valence-electron chi connectivity index (χ0n) is 12.8. The summed E-state index contributed by atoms with van der Waals surface area (Å²) >= 11 is 1.80. The first-order valence-electron chi connectivity index (χ1n) is 7.39. The summed E-state index contributed by atoms with van der Waals surface area (Å²) < 4.78 is 2.38. The van der Waals surface area contributed by atoms with Crippen LogP contribution in [0.3, 0.4) is 0 Å². The lowest BCUT2D eigenvalue weighted by Crippen LogP contribution is -2.15. The van der Waals surface area contributed by atoms with Crippen molar-refractivity contribution in [2.45, 2.75) is 33.9 Å². The van der Waals surface area contributed by atoms with Crippen molar-refractivity contribution in [2.75, 3.05) is 6.54 Å². The van der Waals surface area contributed by atoms with E-state index < -0.39 is 0 Å². The van der Waals surface area contributed by atoms with Crippen LogP contribution >= 0.6 is 11.3 Å². The van der Waals surface area contributed by atoms with E-state index in [1.54, 1.807) is 11.3 Å². The molecular formula is C17H21N3S. The van der Waals surface area contributed by atoms with E-state index in [-0.39, 0.29) is 0 Å². The Labute approximate surface area is 129 Å². The molecule has 0 aliphatic heterocycles. The van der Waals surface area contributed by atoms with E-state index in [0.717, 1.165) is 25.3 Å². The van der Waals surface area contributed by atoms with Crippen molar-refractivity contribution in [3.63, 3.8) is 0 Å². The lowest BCUT2D eigenvalue weighted by atomic mass is 10.2. The Kier molecular flexibility index (Phi) is 4.08. The van der Waals surface area contributed by atoms with Crippen molar-refractivity contribution in [2.24, 2.45) is 0 Å². The van der Waals surface area contributed by atoms with E-state index in [4.69, 9.17) is 4.98 Å². The van der Waals surface area contributed by atoms with Crippen LogP contribution in [-0.2, 0) is 13.1 Å². The predicted octanol–water partition coefficient (Wildman–Crippen LogP) is 3.87. The number of para-hydroxylation sites is 1. The third-order valence-electron chi connectivity index (χ3n) is 3.82. The zero-order chi connectivity index (χ0) is 14.8. The molecule has 3 rings (SSSR count). The standard InChI is InChI=1S/C17H21N3S/c1-4-18-10-15-9-14-7-5-6-8-16(14)20(15)11-17-19-12(2)13(3)21-17/h5-9,18H,4,10-11H2,1-3H3. The second-order valence-electron chi connectivity index (χ2n) is 5.31. The van der Waals surface area contributed by atoms with Crippen LogP contribution in [0.1, 0.15) is 28.2 Å². The van der Waals surface area contributed by atoms with Crippen molar-refractivity contribution >= 4 is 22.2 Å². The van der Waals surface area contributed by atoms with Crippen LogP contribution in [-0.4, -0.2) is 16.1 Å². The van der Waals surface area contributed by atoms with Crippen LogP contribution in [0.25, 0.3) is 10.9 Å². The van der Waals surface area contributed by atoms with Gasteiger partial charge >= 0.3 is 0 Å². The van der Waals surface area contributed by atoms with Gasteiger partial charge in [0.25, 0.3) is 0 Å². The summed E-state index contributed by atoms with van der Waals surface area (Å²) in [5.74, 6) is 0. The van der Waals surface area contributed by atoms with Gasteiger partial charge in [-0.15, -0.1) is 11.3 Å². The Balaban J connectivity index is 2.01. The lowest BCUT2D eigenvalue weighted by Gasteiger charge is -2.09. The van der Waals surface area contributed by atoms with Gasteiger partial charge in [0.1, 0.15) is 5.01 Å². The highest BCUT2D eigenvalue weighted by molar-refractivity contribution is 7.11. The quantitative estimate of drug-likeness (QED) is 0.775. The molecule has 1 aromatic carbocycles. The van der Waals surface area contributed by atoms with E-state index in [1.165, 1.54) is 26.5 Å². The highest BCUT2D eigenvalue weighted by Gasteiger charge is 2.11. The lowest BCUT2D eigenvalue weighted by molar-refractivity contribution is 0.665. The minimum Gasteiger partial charge on any atom is -0.336 e. The first-order chi connectivity index (χ1) is 10.2. The second-order valence-corrected chi connectivity index (χ2v) is 6.60. The van der Waals surface area contributed by atoms with Crippen LogP contribution in [0, 0.1) is 13.8 Å². The molecule has 0 saturated carbocycles. The van der Waals surface area contributed by atoms with Gasteiger partial charge in [-0.3, -0.25) is 0 Å². The van der Waals surface area contributed by atoms with Crippen molar-refractivity contribution in [1.29, 1.82) is 0 Å². The maximum Gasteiger partial charge on any atom is 0.113 e. The number of fused-ring (bicyclic) bond motifs is 1. The molecular weight excluding hydrogens is 278 g/mol. The van der Waals surface area contributed by atoms with Gasteiger partial charge in [0, 0.05) is 22.6 Å². The van der Waals surface area contributed by atoms with Gasteiger partial charge in [0.15, 0.2) is 0 Å². The number of thiazole rings is 1. The maximum atomic E-state index is 4.69. The molecule has 0 amide bonds. The molecule has 0 saturated heterocycles. The van der Waals surface area contributed by atoms with E-state index >= 15 is 0 Å². The van der Waals surface area contributed by atoms with Crippen molar-refractivity contribution < 1.29 is 0 Å². The molecule has 110 valence electrons. The van der Waals surface area contributed by atoms with E-state index in [2.05, 4.69) is 61.0 Å². The molecule has 0 bridgehead atoms. The molecule has 0 aliphatic carbocycles. The molecule has 0 aliphatic rings. The number of hydrogen-bond acceptors (Lipinski definition) is 3. The largest absolute Gasteiger partial charge is 0.336 e. The van der Waals surface area contributed by atoms with Gasteiger partial charge in [-0.1, -0.05) is 25.1 Å². The van der Waals surface area contributed by atoms with E-state index in [1.807, 2.05) is 0 Å². The molecule has 3 nitrogen and oxygen atoms in total. The summed E-state index contributed by atoms with van der Waals surface area (Å²) in [6.07, 6.45) is 0. The normalized spacial score (nSPS) is 11.4. The zero-order valence-corrected chi connectivity index (χ0v) is 13.6. The number of benzene rings is 1. The minimum atomic E-state index is 0.855. The fourth-order valence-electron chi connectivity index (χ4n) is 2.60. The molecule has 0 atom stereocenters. The summed E-state index contributed by atoms with van der Waals surface area (Å²) in [6.45, 7) is 9.10.